The second-order valence-corrected chi connectivity index (χ2v) is 50.9. The van der Waals surface area contributed by atoms with Crippen molar-refractivity contribution in [2.45, 2.75) is 221 Å². The predicted molar refractivity (Wildman–Crippen MR) is 499 cm³/mol. The minimum Gasteiger partial charge on any atom is -0.490 e. The SMILES string of the molecule is CCCl.CCc1ccc(OCC(=O)c2nc(C(=O)OC)cs2)cc1.CCc1ccc(OCC(C#N)O[Si](C)(C)C(C)(C)C)cc1.CCc1ccc(OCC(O)c2nc(C(=O)OC)cs2)cc1.CCc1ccc(OCC(O[Si](C)(C)C(C)(C)C)C2=NC(C(=O)OC)CS2)cc1.CCc1ccc(OCC(O[Si](C)(C)C(C)(C)C)c2nc(C(=O)OC)cs2)cc1. The molecule has 5 aromatic carbocycles. The zero-order valence-corrected chi connectivity index (χ0v) is 82.8. The van der Waals surface area contributed by atoms with Crippen molar-refractivity contribution < 1.29 is 85.0 Å². The van der Waals surface area contributed by atoms with Crippen molar-refractivity contribution in [2.75, 3.05) is 73.1 Å². The van der Waals surface area contributed by atoms with E-state index in [0.29, 0.717) is 41.2 Å². The second kappa shape index (κ2) is 51.9. The maximum Gasteiger partial charge on any atom is 0.357 e. The number of nitrogens with zero attached hydrogens (tertiary/aromatic N) is 5. The number of rotatable bonds is 34. The molecule has 1 aliphatic heterocycles. The number of alkyl halides is 1. The number of carbonyl (C=O) groups is 5. The number of ether oxygens (including phenoxy) is 9. The summed E-state index contributed by atoms with van der Waals surface area (Å²) in [6.45, 7) is 46.2. The van der Waals surface area contributed by atoms with Crippen LogP contribution in [0.5, 0.6) is 28.7 Å². The molecule has 5 atom stereocenters. The highest BCUT2D eigenvalue weighted by molar-refractivity contribution is 8.14. The predicted octanol–water partition coefficient (Wildman–Crippen LogP) is 21.5. The summed E-state index contributed by atoms with van der Waals surface area (Å²) in [7, 11) is -0.726. The third-order valence-electron chi connectivity index (χ3n) is 20.5. The quantitative estimate of drug-likeness (QED) is 0.0129. The van der Waals surface area contributed by atoms with Crippen LogP contribution in [0.4, 0.5) is 0 Å². The normalized spacial score (nSPS) is 13.6. The van der Waals surface area contributed by atoms with Crippen LogP contribution in [0.25, 0.3) is 0 Å². The van der Waals surface area contributed by atoms with Crippen LogP contribution in [0.2, 0.25) is 54.4 Å². The van der Waals surface area contributed by atoms with Gasteiger partial charge in [0.25, 0.3) is 0 Å². The number of Topliss-reactive ketones (excluding diaryl/α,β-unsaturated/α-hetero) is 1. The molecule has 0 aliphatic carbocycles. The number of aliphatic imine (C=N–C) groups is 1. The minimum atomic E-state index is -2.06. The molecule has 0 bridgehead atoms. The third-order valence-corrected chi connectivity index (χ3v) is 37.8. The monoisotopic (exact) mass is 1830 g/mol. The molecule has 0 saturated carbocycles. The average Bonchev–Trinajstić information content (AvgIpc) is 0.985. The number of aliphatic hydroxyl groups is 1. The fourth-order valence-electron chi connectivity index (χ4n) is 9.78. The van der Waals surface area contributed by atoms with Crippen molar-refractivity contribution in [3.05, 3.63) is 197 Å². The van der Waals surface area contributed by atoms with Gasteiger partial charge in [0, 0.05) is 27.8 Å². The number of esters is 4. The number of hydrogen-bond donors (Lipinski definition) is 1. The fourth-order valence-corrected chi connectivity index (χ4v) is 16.9. The van der Waals surface area contributed by atoms with Crippen LogP contribution < -0.4 is 23.7 Å². The number of ketones is 1. The fraction of sp³-hybridized carbons (Fsp3) is 0.495. The molecule has 0 amide bonds. The Hall–Kier alpha value is -8.17. The molecular formula is C91H128ClN5O18S4Si3. The third kappa shape index (κ3) is 35.5. The summed E-state index contributed by atoms with van der Waals surface area (Å²) in [5.74, 6) is 2.95. The Kier molecular flexibility index (Phi) is 45.2. The van der Waals surface area contributed by atoms with Crippen molar-refractivity contribution in [1.82, 2.24) is 15.0 Å². The molecule has 0 fully saturated rings. The van der Waals surface area contributed by atoms with Gasteiger partial charge in [-0.3, -0.25) is 9.79 Å². The van der Waals surface area contributed by atoms with E-state index in [1.54, 1.807) is 22.5 Å². The van der Waals surface area contributed by atoms with Gasteiger partial charge in [-0.25, -0.2) is 34.1 Å². The molecule has 8 aromatic rings. The van der Waals surface area contributed by atoms with Crippen molar-refractivity contribution in [1.29, 1.82) is 5.26 Å². The first-order chi connectivity index (χ1) is 57.5. The van der Waals surface area contributed by atoms with Gasteiger partial charge in [-0.1, -0.05) is 165 Å². The van der Waals surface area contributed by atoms with Crippen LogP contribution in [0.3, 0.4) is 0 Å². The number of halogens is 1. The van der Waals surface area contributed by atoms with Gasteiger partial charge in [-0.05, 0) is 175 Å². The molecule has 1 aliphatic rings. The Bertz CT molecular complexity index is 4540. The van der Waals surface area contributed by atoms with E-state index in [2.05, 4.69) is 196 Å². The molecule has 0 saturated heterocycles. The summed E-state index contributed by atoms with van der Waals surface area (Å²) in [4.78, 5) is 75.2. The van der Waals surface area contributed by atoms with Gasteiger partial charge in [-0.15, -0.1) is 57.4 Å². The van der Waals surface area contributed by atoms with E-state index in [1.807, 2.05) is 104 Å². The van der Waals surface area contributed by atoms with Crippen LogP contribution in [0.15, 0.2) is 142 Å². The average molecular weight is 1830 g/mol. The first-order valence-electron chi connectivity index (χ1n) is 40.7. The van der Waals surface area contributed by atoms with Crippen molar-refractivity contribution in [3.8, 4) is 34.8 Å². The summed E-state index contributed by atoms with van der Waals surface area (Å²) in [6.07, 6.45) is 2.91. The number of carbonyl (C=O) groups excluding carboxylic acids is 5. The lowest BCUT2D eigenvalue weighted by Gasteiger charge is -2.39. The summed E-state index contributed by atoms with van der Waals surface area (Å²) in [5.41, 5.74) is 6.89. The van der Waals surface area contributed by atoms with E-state index >= 15 is 0 Å². The lowest BCUT2D eigenvalue weighted by atomic mass is 10.2. The van der Waals surface area contributed by atoms with Crippen LogP contribution in [0.1, 0.15) is 195 Å². The van der Waals surface area contributed by atoms with Gasteiger partial charge in [0.1, 0.15) is 83.5 Å². The maximum absolute atomic E-state index is 11.9. The highest BCUT2D eigenvalue weighted by atomic mass is 35.5. The van der Waals surface area contributed by atoms with E-state index in [0.717, 1.165) is 76.6 Å². The van der Waals surface area contributed by atoms with Crippen molar-refractivity contribution in [3.63, 3.8) is 0 Å². The first-order valence-corrected chi connectivity index (χ1v) is 53.6. The molecule has 4 heterocycles. The molecule has 23 nitrogen and oxygen atoms in total. The van der Waals surface area contributed by atoms with Gasteiger partial charge in [-0.2, -0.15) is 5.26 Å². The summed E-state index contributed by atoms with van der Waals surface area (Å²) in [5, 5.41) is 26.5. The number of thiazole rings is 3. The van der Waals surface area contributed by atoms with E-state index in [-0.39, 0.29) is 75.3 Å². The van der Waals surface area contributed by atoms with Crippen molar-refractivity contribution >= 4 is 117 Å². The summed E-state index contributed by atoms with van der Waals surface area (Å²) >= 11 is 10.3. The first kappa shape index (κ1) is 106. The molecule has 31 heteroatoms. The second-order valence-electron chi connectivity index (χ2n) is 32.4. The Morgan fingerprint density at radius 1 is 0.459 bits per heavy atom. The molecule has 1 N–H and O–H groups in total. The van der Waals surface area contributed by atoms with Crippen molar-refractivity contribution in [2.24, 2.45) is 4.99 Å². The summed E-state index contributed by atoms with van der Waals surface area (Å²) in [6, 6.07) is 41.2. The number of nitriles is 1. The lowest BCUT2D eigenvalue weighted by Crippen LogP contribution is -2.47. The van der Waals surface area contributed by atoms with Crippen LogP contribution >= 0.6 is 57.4 Å². The maximum atomic E-state index is 11.9. The van der Waals surface area contributed by atoms with Gasteiger partial charge in [0.05, 0.1) is 39.6 Å². The molecule has 5 unspecified atom stereocenters. The van der Waals surface area contributed by atoms with E-state index in [4.69, 9.17) is 58.0 Å². The lowest BCUT2D eigenvalue weighted by molar-refractivity contribution is -0.141. The Morgan fingerprint density at radius 3 is 1.14 bits per heavy atom. The molecule has 122 heavy (non-hydrogen) atoms. The van der Waals surface area contributed by atoms with Gasteiger partial charge >= 0.3 is 23.9 Å². The van der Waals surface area contributed by atoms with Crippen LogP contribution in [-0.2, 0) is 69.1 Å². The van der Waals surface area contributed by atoms with Gasteiger partial charge < -0.3 is 61.0 Å². The molecule has 9 rings (SSSR count). The van der Waals surface area contributed by atoms with Gasteiger partial charge in [0.15, 0.2) is 65.8 Å². The molecular weight excluding hydrogens is 1700 g/mol. The van der Waals surface area contributed by atoms with Gasteiger partial charge in [0.2, 0.25) is 5.78 Å². The molecule has 668 valence electrons. The van der Waals surface area contributed by atoms with E-state index < -0.39 is 61.1 Å². The Labute approximate surface area is 748 Å². The smallest absolute Gasteiger partial charge is 0.357 e. The largest absolute Gasteiger partial charge is 0.490 e. The number of benzene rings is 5. The number of methoxy groups -OCH3 is 4. The number of hydrogen-bond acceptors (Lipinski definition) is 27. The zero-order chi connectivity index (χ0) is 91.2. The highest BCUT2D eigenvalue weighted by Crippen LogP contribution is 2.42. The minimum absolute atomic E-state index is 0.0520. The highest BCUT2D eigenvalue weighted by Gasteiger charge is 2.44. The van der Waals surface area contributed by atoms with E-state index in [1.165, 1.54) is 84.3 Å². The number of aliphatic hydroxyl groups excluding tert-OH is 1. The summed E-state index contributed by atoms with van der Waals surface area (Å²) < 4.78 is 66.7. The standard InChI is InChI=1S/C21H33NO4SSi.C21H31NO4SSi.C17H27NO2Si.C15H17NO4S.C15H15NO4S.C2H5Cl/c2*1-8-15-9-11-16(12-10-15)25-13-18(26-28(6,7)21(2,3)4)19-22-17(14-27-19)20(23)24-5;1-7-14-8-10-15(11-9-14)19-13-16(12-18)20-21(5,6)17(2,3)4;2*1-3-10-4-6-11(7-5-10)20-8-13(17)14-16-12(9-21-14)15(18)19-2;1-2-3/h9-12,17-18H,8,13-14H2,1-7H3;9-12,14,18H,8,13H2,1-7H3;8-11,16H,7,13H2,1-6H3;4-7,9,13,17H,3,8H2,1-2H3;4-7,9H,3,8H2,1-2H3;2H2,1H3. The number of aromatic nitrogens is 3. The number of aryl methyl sites for hydroxylation is 5. The molecule has 0 radical (unpaired) electrons. The van der Waals surface area contributed by atoms with E-state index in [9.17, 15) is 34.3 Å². The Morgan fingerprint density at radius 2 is 0.779 bits per heavy atom. The molecule has 3 aromatic heterocycles. The van der Waals surface area contributed by atoms with Crippen LogP contribution in [0, 0.1) is 11.3 Å². The zero-order valence-electron chi connectivity index (χ0n) is 75.8. The number of thioether (sulfide) groups is 1. The topological polar surface area (TPSA) is 291 Å². The van der Waals surface area contributed by atoms with Crippen LogP contribution in [-0.4, -0.2) is 171 Å². The molecule has 0 spiro atoms. The Balaban J connectivity index is 0.000000319.